The van der Waals surface area contributed by atoms with Crippen LogP contribution in [0.5, 0.6) is 0 Å². The van der Waals surface area contributed by atoms with E-state index in [-0.39, 0.29) is 19.4 Å². The molecule has 1 aliphatic carbocycles. The van der Waals surface area contributed by atoms with Crippen molar-refractivity contribution in [3.63, 3.8) is 0 Å². The van der Waals surface area contributed by atoms with Crippen LogP contribution in [0.25, 0.3) is 0 Å². The Hall–Kier alpha value is -1.57. The SMILES string of the molecule is CCOC(=O)c1sc(NC(=O)C2CCCCC2C(F)(F)F)cc1C. The fourth-order valence-electron chi connectivity index (χ4n) is 2.99. The van der Waals surface area contributed by atoms with Crippen molar-refractivity contribution in [3.05, 3.63) is 16.5 Å². The zero-order valence-corrected chi connectivity index (χ0v) is 14.4. The van der Waals surface area contributed by atoms with Gasteiger partial charge >= 0.3 is 12.1 Å². The van der Waals surface area contributed by atoms with Crippen LogP contribution in [-0.4, -0.2) is 24.7 Å². The summed E-state index contributed by atoms with van der Waals surface area (Å²) in [6.45, 7) is 3.61. The van der Waals surface area contributed by atoms with Gasteiger partial charge in [-0.2, -0.15) is 13.2 Å². The van der Waals surface area contributed by atoms with Gasteiger partial charge in [0.2, 0.25) is 5.91 Å². The van der Waals surface area contributed by atoms with Gasteiger partial charge in [0.05, 0.1) is 17.5 Å². The maximum atomic E-state index is 13.1. The lowest BCUT2D eigenvalue weighted by atomic mass is 9.78. The third-order valence-electron chi connectivity index (χ3n) is 4.15. The van der Waals surface area contributed by atoms with Gasteiger partial charge in [0.25, 0.3) is 0 Å². The summed E-state index contributed by atoms with van der Waals surface area (Å²) in [4.78, 5) is 24.4. The number of halogens is 3. The van der Waals surface area contributed by atoms with Crippen molar-refractivity contribution in [2.24, 2.45) is 11.8 Å². The number of ether oxygens (including phenoxy) is 1. The van der Waals surface area contributed by atoms with E-state index < -0.39 is 29.9 Å². The minimum atomic E-state index is -4.37. The van der Waals surface area contributed by atoms with Crippen LogP contribution in [0.15, 0.2) is 6.07 Å². The largest absolute Gasteiger partial charge is 0.462 e. The Kier molecular flexibility index (Phi) is 5.90. The molecule has 0 bridgehead atoms. The van der Waals surface area contributed by atoms with Gasteiger partial charge in [-0.15, -0.1) is 11.3 Å². The van der Waals surface area contributed by atoms with E-state index in [2.05, 4.69) is 5.32 Å². The molecule has 1 aliphatic rings. The number of rotatable bonds is 4. The molecule has 1 saturated carbocycles. The summed E-state index contributed by atoms with van der Waals surface area (Å²) in [7, 11) is 0. The van der Waals surface area contributed by atoms with E-state index in [4.69, 9.17) is 4.74 Å². The molecule has 0 aliphatic heterocycles. The second-order valence-corrected chi connectivity index (χ2v) is 6.92. The molecule has 0 saturated heterocycles. The smallest absolute Gasteiger partial charge is 0.392 e. The quantitative estimate of drug-likeness (QED) is 0.799. The maximum Gasteiger partial charge on any atom is 0.392 e. The van der Waals surface area contributed by atoms with Crippen LogP contribution in [0.2, 0.25) is 0 Å². The third kappa shape index (κ3) is 4.28. The third-order valence-corrected chi connectivity index (χ3v) is 5.28. The maximum absolute atomic E-state index is 13.1. The normalized spacial score (nSPS) is 21.4. The second-order valence-electron chi connectivity index (χ2n) is 5.87. The number of anilines is 1. The van der Waals surface area contributed by atoms with Crippen molar-refractivity contribution in [3.8, 4) is 0 Å². The van der Waals surface area contributed by atoms with Crippen molar-refractivity contribution < 1.29 is 27.5 Å². The van der Waals surface area contributed by atoms with Gasteiger partial charge in [0.1, 0.15) is 4.88 Å². The number of aryl methyl sites for hydroxylation is 1. The molecule has 0 spiro atoms. The summed E-state index contributed by atoms with van der Waals surface area (Å²) >= 11 is 1.02. The number of esters is 1. The van der Waals surface area contributed by atoms with Gasteiger partial charge < -0.3 is 10.1 Å². The number of amides is 1. The molecule has 1 amide bonds. The molecule has 1 heterocycles. The van der Waals surface area contributed by atoms with Crippen LogP contribution in [-0.2, 0) is 9.53 Å². The molecule has 1 N–H and O–H groups in total. The first-order valence-electron chi connectivity index (χ1n) is 7.89. The van der Waals surface area contributed by atoms with Gasteiger partial charge in [-0.25, -0.2) is 4.79 Å². The minimum absolute atomic E-state index is 0.0148. The Labute approximate surface area is 142 Å². The van der Waals surface area contributed by atoms with Crippen molar-refractivity contribution in [1.82, 2.24) is 0 Å². The fraction of sp³-hybridized carbons (Fsp3) is 0.625. The zero-order chi connectivity index (χ0) is 17.9. The highest BCUT2D eigenvalue weighted by molar-refractivity contribution is 7.18. The average molecular weight is 363 g/mol. The van der Waals surface area contributed by atoms with Gasteiger partial charge in [-0.1, -0.05) is 12.8 Å². The van der Waals surface area contributed by atoms with E-state index in [1.807, 2.05) is 0 Å². The number of carbonyl (C=O) groups is 2. The first kappa shape index (κ1) is 18.8. The Bertz CT molecular complexity index is 612. The van der Waals surface area contributed by atoms with Gasteiger partial charge in [0.15, 0.2) is 0 Å². The lowest BCUT2D eigenvalue weighted by Crippen LogP contribution is -2.39. The fourth-order valence-corrected chi connectivity index (χ4v) is 3.96. The van der Waals surface area contributed by atoms with E-state index >= 15 is 0 Å². The van der Waals surface area contributed by atoms with E-state index in [0.29, 0.717) is 28.3 Å². The predicted octanol–water partition coefficient (Wildman–Crippen LogP) is 4.54. The van der Waals surface area contributed by atoms with Gasteiger partial charge in [-0.05, 0) is 38.3 Å². The molecule has 1 aromatic rings. The number of thiophene rings is 1. The molecule has 134 valence electrons. The highest BCUT2D eigenvalue weighted by Crippen LogP contribution is 2.42. The molecule has 0 radical (unpaired) electrons. The summed E-state index contributed by atoms with van der Waals surface area (Å²) in [5.74, 6) is -3.80. The Morgan fingerprint density at radius 1 is 1.33 bits per heavy atom. The predicted molar refractivity (Wildman–Crippen MR) is 85.1 cm³/mol. The molecule has 0 aromatic carbocycles. The molecule has 24 heavy (non-hydrogen) atoms. The molecule has 2 rings (SSSR count). The van der Waals surface area contributed by atoms with Crippen molar-refractivity contribution in [2.45, 2.75) is 45.7 Å². The summed E-state index contributed by atoms with van der Waals surface area (Å²) in [5.41, 5.74) is 0.629. The first-order chi connectivity index (χ1) is 11.2. The molecule has 1 fully saturated rings. The van der Waals surface area contributed by atoms with E-state index in [1.54, 1.807) is 19.9 Å². The molecule has 2 unspecified atom stereocenters. The molecular weight excluding hydrogens is 343 g/mol. The lowest BCUT2D eigenvalue weighted by Gasteiger charge is -2.31. The molecule has 8 heteroatoms. The Morgan fingerprint density at radius 3 is 2.62 bits per heavy atom. The second kappa shape index (κ2) is 7.55. The van der Waals surface area contributed by atoms with Crippen molar-refractivity contribution in [2.75, 3.05) is 11.9 Å². The first-order valence-corrected chi connectivity index (χ1v) is 8.70. The monoisotopic (exact) mass is 363 g/mol. The van der Waals surface area contributed by atoms with E-state index in [1.165, 1.54) is 0 Å². The summed E-state index contributed by atoms with van der Waals surface area (Å²) in [6, 6.07) is 1.58. The van der Waals surface area contributed by atoms with Crippen LogP contribution < -0.4 is 5.32 Å². The lowest BCUT2D eigenvalue weighted by molar-refractivity contribution is -0.197. The standard InChI is InChI=1S/C16H20F3NO3S/c1-3-23-15(22)13-9(2)8-12(24-13)20-14(21)10-6-4-5-7-11(10)16(17,18)19/h8,10-11H,3-7H2,1-2H3,(H,20,21). The van der Waals surface area contributed by atoms with Crippen molar-refractivity contribution in [1.29, 1.82) is 0 Å². The molecule has 1 aromatic heterocycles. The number of nitrogens with one attached hydrogen (secondary N) is 1. The van der Waals surface area contributed by atoms with Crippen LogP contribution in [0.3, 0.4) is 0 Å². The highest BCUT2D eigenvalue weighted by Gasteiger charge is 2.48. The van der Waals surface area contributed by atoms with Crippen LogP contribution >= 0.6 is 11.3 Å². The van der Waals surface area contributed by atoms with Gasteiger partial charge in [0, 0.05) is 5.92 Å². The van der Waals surface area contributed by atoms with Crippen molar-refractivity contribution >= 4 is 28.2 Å². The number of carbonyl (C=O) groups excluding carboxylic acids is 2. The average Bonchev–Trinajstić information content (AvgIpc) is 2.87. The van der Waals surface area contributed by atoms with Crippen LogP contribution in [0, 0.1) is 18.8 Å². The summed E-state index contributed by atoms with van der Waals surface area (Å²) in [6.07, 6.45) is -3.06. The van der Waals surface area contributed by atoms with Crippen LogP contribution in [0.4, 0.5) is 18.2 Å². The zero-order valence-electron chi connectivity index (χ0n) is 13.5. The highest BCUT2D eigenvalue weighted by atomic mass is 32.1. The summed E-state index contributed by atoms with van der Waals surface area (Å²) < 4.78 is 44.2. The summed E-state index contributed by atoms with van der Waals surface area (Å²) in [5, 5.41) is 2.91. The number of hydrogen-bond donors (Lipinski definition) is 1. The molecule has 2 atom stereocenters. The van der Waals surface area contributed by atoms with E-state index in [9.17, 15) is 22.8 Å². The van der Waals surface area contributed by atoms with Gasteiger partial charge in [-0.3, -0.25) is 4.79 Å². The molecular formula is C16H20F3NO3S. The number of hydrogen-bond acceptors (Lipinski definition) is 4. The number of alkyl halides is 3. The van der Waals surface area contributed by atoms with Crippen LogP contribution in [0.1, 0.15) is 47.8 Å². The molecule has 4 nitrogen and oxygen atoms in total. The topological polar surface area (TPSA) is 55.4 Å². The van der Waals surface area contributed by atoms with E-state index in [0.717, 1.165) is 11.3 Å². The minimum Gasteiger partial charge on any atom is -0.462 e. The Morgan fingerprint density at radius 2 is 2.00 bits per heavy atom. The Balaban J connectivity index is 2.11.